The van der Waals surface area contributed by atoms with Gasteiger partial charge in [-0.15, -0.1) is 0 Å². The summed E-state index contributed by atoms with van der Waals surface area (Å²) in [5.74, 6) is 0. The molecule has 0 heteroatoms. The average molecular weight is 689 g/mol. The molecule has 0 nitrogen and oxygen atoms in total. The molecular formula is C54H40. The Morgan fingerprint density at radius 2 is 0.833 bits per heavy atom. The van der Waals surface area contributed by atoms with Crippen molar-refractivity contribution in [3.05, 3.63) is 192 Å². The predicted molar refractivity (Wildman–Crippen MR) is 230 cm³/mol. The van der Waals surface area contributed by atoms with Crippen LogP contribution in [0.1, 0.15) is 49.9 Å². The zero-order chi connectivity index (χ0) is 36.3. The van der Waals surface area contributed by atoms with E-state index in [4.69, 9.17) is 0 Å². The maximum Gasteiger partial charge on any atom is 0.0159 e. The van der Waals surface area contributed by atoms with Crippen LogP contribution in [-0.4, -0.2) is 0 Å². The summed E-state index contributed by atoms with van der Waals surface area (Å²) >= 11 is 0. The molecule has 0 heterocycles. The molecule has 0 aliphatic heterocycles. The van der Waals surface area contributed by atoms with Crippen molar-refractivity contribution in [1.82, 2.24) is 0 Å². The van der Waals surface area contributed by atoms with Crippen LogP contribution in [0.5, 0.6) is 0 Å². The van der Waals surface area contributed by atoms with Gasteiger partial charge in [0.25, 0.3) is 0 Å². The van der Waals surface area contributed by atoms with Crippen molar-refractivity contribution in [1.29, 1.82) is 0 Å². The minimum atomic E-state index is -0.153. The fourth-order valence-electron chi connectivity index (χ4n) is 10.2. The molecule has 2 aliphatic carbocycles. The maximum atomic E-state index is 2.53. The van der Waals surface area contributed by atoms with Gasteiger partial charge in [-0.25, -0.2) is 0 Å². The molecule has 0 N–H and O–H groups in total. The third-order valence-electron chi connectivity index (χ3n) is 12.9. The first-order chi connectivity index (χ1) is 26.3. The summed E-state index contributed by atoms with van der Waals surface area (Å²) in [6.45, 7) is 9.62. The lowest BCUT2D eigenvalue weighted by atomic mass is 9.78. The van der Waals surface area contributed by atoms with Gasteiger partial charge in [0.2, 0.25) is 0 Å². The highest BCUT2D eigenvalue weighted by atomic mass is 14.4. The van der Waals surface area contributed by atoms with Crippen LogP contribution in [0, 0.1) is 0 Å². The van der Waals surface area contributed by atoms with Gasteiger partial charge in [0, 0.05) is 10.8 Å². The fourth-order valence-corrected chi connectivity index (χ4v) is 10.2. The highest BCUT2D eigenvalue weighted by Gasteiger charge is 2.41. The van der Waals surface area contributed by atoms with Crippen molar-refractivity contribution in [3.8, 4) is 55.6 Å². The van der Waals surface area contributed by atoms with Gasteiger partial charge < -0.3 is 0 Å². The van der Waals surface area contributed by atoms with Gasteiger partial charge in [-0.05, 0) is 128 Å². The van der Waals surface area contributed by atoms with E-state index in [2.05, 4.69) is 198 Å². The van der Waals surface area contributed by atoms with E-state index in [1.807, 2.05) is 0 Å². The topological polar surface area (TPSA) is 0 Å². The number of benzene rings is 9. The number of fused-ring (bicyclic) bond motifs is 10. The first kappa shape index (κ1) is 31.3. The Balaban J connectivity index is 1.20. The summed E-state index contributed by atoms with van der Waals surface area (Å²) in [5, 5.41) is 7.70. The molecule has 256 valence electrons. The normalized spacial score (nSPS) is 14.6. The third-order valence-corrected chi connectivity index (χ3v) is 12.9. The van der Waals surface area contributed by atoms with Crippen LogP contribution in [0.25, 0.3) is 88.0 Å². The van der Waals surface area contributed by atoms with Gasteiger partial charge in [-0.1, -0.05) is 179 Å². The van der Waals surface area contributed by atoms with Crippen molar-refractivity contribution < 1.29 is 0 Å². The SMILES string of the molecule is CC1(C)c2ccccc2-c2cc3c(cc21)-c1ccc(-c2c4ccccc4c(-c4ccccc4-c4ccccc4)c4ccc5ccccc5c24)cc1C3(C)C. The maximum absolute atomic E-state index is 2.53. The summed E-state index contributed by atoms with van der Waals surface area (Å²) in [4.78, 5) is 0. The van der Waals surface area contributed by atoms with Gasteiger partial charge in [-0.3, -0.25) is 0 Å². The largest absolute Gasteiger partial charge is 0.0622 e. The van der Waals surface area contributed by atoms with Crippen LogP contribution in [0.15, 0.2) is 170 Å². The summed E-state index contributed by atoms with van der Waals surface area (Å²) in [7, 11) is 0. The Kier molecular flexibility index (Phi) is 6.46. The molecule has 0 atom stereocenters. The van der Waals surface area contributed by atoms with Crippen molar-refractivity contribution in [2.24, 2.45) is 0 Å². The summed E-state index contributed by atoms with van der Waals surface area (Å²) < 4.78 is 0. The van der Waals surface area contributed by atoms with Crippen LogP contribution in [-0.2, 0) is 10.8 Å². The molecule has 0 bridgehead atoms. The third kappa shape index (κ3) is 4.20. The van der Waals surface area contributed by atoms with E-state index < -0.39 is 0 Å². The molecule has 9 aromatic carbocycles. The van der Waals surface area contributed by atoms with Crippen LogP contribution < -0.4 is 0 Å². The predicted octanol–water partition coefficient (Wildman–Crippen LogP) is 14.8. The van der Waals surface area contributed by atoms with E-state index in [-0.39, 0.29) is 10.8 Å². The molecule has 0 saturated heterocycles. The standard InChI is InChI=1S/C54H40/c1-53(2)46-25-15-14-21-38(46)44-31-49-45(32-48(44)53)39-28-27-35(30-47(39)54(49,3)4)50-41-23-12-13-24-42(41)51(43-29-26-34-18-8-9-20-37(34)52(43)50)40-22-11-10-19-36(40)33-16-6-5-7-17-33/h5-32H,1-4H3. The van der Waals surface area contributed by atoms with E-state index >= 15 is 0 Å². The van der Waals surface area contributed by atoms with Gasteiger partial charge in [0.05, 0.1) is 0 Å². The molecule has 0 fully saturated rings. The minimum absolute atomic E-state index is 0.0342. The molecule has 0 saturated carbocycles. The van der Waals surface area contributed by atoms with Crippen molar-refractivity contribution in [2.75, 3.05) is 0 Å². The molecule has 0 unspecified atom stereocenters. The quantitative estimate of drug-likeness (QED) is 0.128. The Hall–Kier alpha value is -6.24. The fraction of sp³-hybridized carbons (Fsp3) is 0.111. The molecule has 9 aromatic rings. The summed E-state index contributed by atoms with van der Waals surface area (Å²) in [6.07, 6.45) is 0. The Morgan fingerprint density at radius 1 is 0.296 bits per heavy atom. The highest BCUT2D eigenvalue weighted by Crippen LogP contribution is 2.57. The second kappa shape index (κ2) is 11.1. The first-order valence-corrected chi connectivity index (χ1v) is 19.3. The first-order valence-electron chi connectivity index (χ1n) is 19.3. The van der Waals surface area contributed by atoms with Crippen molar-refractivity contribution in [3.63, 3.8) is 0 Å². The van der Waals surface area contributed by atoms with Crippen LogP contribution in [0.3, 0.4) is 0 Å². The molecule has 54 heavy (non-hydrogen) atoms. The second-order valence-corrected chi connectivity index (χ2v) is 16.4. The van der Waals surface area contributed by atoms with Crippen molar-refractivity contribution >= 4 is 32.3 Å². The Bertz CT molecular complexity index is 3030. The monoisotopic (exact) mass is 688 g/mol. The molecule has 0 amide bonds. The van der Waals surface area contributed by atoms with Gasteiger partial charge >= 0.3 is 0 Å². The zero-order valence-corrected chi connectivity index (χ0v) is 31.2. The van der Waals surface area contributed by atoms with E-state index in [0.29, 0.717) is 0 Å². The molecule has 11 rings (SSSR count). The Labute approximate surface area is 317 Å². The molecule has 0 spiro atoms. The lowest BCUT2D eigenvalue weighted by Gasteiger charge is -2.25. The highest BCUT2D eigenvalue weighted by molar-refractivity contribution is 6.28. The summed E-state index contributed by atoms with van der Waals surface area (Å²) in [5.41, 5.74) is 18.6. The van der Waals surface area contributed by atoms with Gasteiger partial charge in [0.1, 0.15) is 0 Å². The number of rotatable bonds is 3. The summed E-state index contributed by atoms with van der Waals surface area (Å²) in [6, 6.07) is 63.9. The van der Waals surface area contributed by atoms with E-state index in [0.717, 1.165) is 0 Å². The lowest BCUT2D eigenvalue weighted by molar-refractivity contribution is 0.652. The van der Waals surface area contributed by atoms with E-state index in [1.165, 1.54) is 110 Å². The molecule has 0 aromatic heterocycles. The minimum Gasteiger partial charge on any atom is -0.0622 e. The average Bonchev–Trinajstić information content (AvgIpc) is 3.58. The van der Waals surface area contributed by atoms with E-state index in [9.17, 15) is 0 Å². The Morgan fingerprint density at radius 3 is 1.57 bits per heavy atom. The van der Waals surface area contributed by atoms with Crippen molar-refractivity contribution in [2.45, 2.75) is 38.5 Å². The second-order valence-electron chi connectivity index (χ2n) is 16.4. The van der Waals surface area contributed by atoms with Gasteiger partial charge in [-0.2, -0.15) is 0 Å². The molecule has 0 radical (unpaired) electrons. The van der Waals surface area contributed by atoms with E-state index in [1.54, 1.807) is 0 Å². The van der Waals surface area contributed by atoms with Crippen LogP contribution in [0.4, 0.5) is 0 Å². The van der Waals surface area contributed by atoms with Crippen LogP contribution in [0.2, 0.25) is 0 Å². The molecule has 2 aliphatic rings. The lowest BCUT2D eigenvalue weighted by Crippen LogP contribution is -2.17. The van der Waals surface area contributed by atoms with Gasteiger partial charge in [0.15, 0.2) is 0 Å². The zero-order valence-electron chi connectivity index (χ0n) is 31.2. The van der Waals surface area contributed by atoms with Crippen LogP contribution >= 0.6 is 0 Å². The smallest absolute Gasteiger partial charge is 0.0159 e. The number of hydrogen-bond donors (Lipinski definition) is 0. The number of hydrogen-bond acceptors (Lipinski definition) is 0. The molecular weight excluding hydrogens is 649 g/mol.